The second-order valence-corrected chi connectivity index (χ2v) is 11.1. The van der Waals surface area contributed by atoms with E-state index in [1.54, 1.807) is 11.0 Å². The molecular weight excluding hydrogens is 466 g/mol. The van der Waals surface area contributed by atoms with Gasteiger partial charge in [-0.05, 0) is 64.9 Å². The average Bonchev–Trinajstić information content (AvgIpc) is 3.23. The highest BCUT2D eigenvalue weighted by Gasteiger charge is 2.31. The third kappa shape index (κ3) is 7.69. The van der Waals surface area contributed by atoms with Crippen molar-refractivity contribution in [2.75, 3.05) is 18.1 Å². The molecule has 0 unspecified atom stereocenters. The molecule has 0 aliphatic heterocycles. The van der Waals surface area contributed by atoms with Gasteiger partial charge in [0.15, 0.2) is 0 Å². The molecule has 9 heteroatoms. The minimum Gasteiger partial charge on any atom is -0.492 e. The third-order valence-electron chi connectivity index (χ3n) is 5.79. The fourth-order valence-electron chi connectivity index (χ4n) is 3.91. The van der Waals surface area contributed by atoms with Gasteiger partial charge in [0.05, 0.1) is 17.2 Å². The number of aromatic carboxylic acids is 1. The van der Waals surface area contributed by atoms with Gasteiger partial charge in [-0.3, -0.25) is 4.79 Å². The third-order valence-corrected chi connectivity index (χ3v) is 6.82. The maximum atomic E-state index is 13.6. The van der Waals surface area contributed by atoms with Crippen molar-refractivity contribution in [3.05, 3.63) is 28.0 Å². The number of hydrogen-bond acceptors (Lipinski definition) is 7. The molecule has 2 aromatic heterocycles. The fourth-order valence-corrected chi connectivity index (χ4v) is 4.77. The predicted octanol–water partition coefficient (Wildman–Crippen LogP) is 4.97. The minimum atomic E-state index is -1.07. The molecule has 2 N–H and O–H groups in total. The first-order chi connectivity index (χ1) is 16.5. The smallest absolute Gasteiger partial charge is 0.348 e. The molecule has 1 fully saturated rings. The standard InChI is InChI=1S/C26H33N3O5S/c1-17-6-8-18(9-7-17)24(31)29(14-5-15-34-22-11-10-21(30)27-28-22)20-16-19(12-13-26(2,3)4)35-23(20)25(32)33/h10-11,16-18H,5-9,14-15H2,1-4H3,(H,27,30)(H,32,33)/t17-,18-. The van der Waals surface area contributed by atoms with Gasteiger partial charge in [-0.2, -0.15) is 0 Å². The Morgan fingerprint density at radius 1 is 1.20 bits per heavy atom. The lowest BCUT2D eigenvalue weighted by molar-refractivity contribution is -0.123. The second-order valence-electron chi connectivity index (χ2n) is 10.0. The highest BCUT2D eigenvalue weighted by Crippen LogP contribution is 2.35. The zero-order chi connectivity index (χ0) is 25.6. The van der Waals surface area contributed by atoms with Gasteiger partial charge in [0.2, 0.25) is 17.7 Å². The van der Waals surface area contributed by atoms with Crippen molar-refractivity contribution in [3.63, 3.8) is 0 Å². The summed E-state index contributed by atoms with van der Waals surface area (Å²) >= 11 is 1.10. The number of ether oxygens (including phenoxy) is 1. The molecule has 2 heterocycles. The summed E-state index contributed by atoms with van der Waals surface area (Å²) in [5.41, 5.74) is 0.171. The Morgan fingerprint density at radius 3 is 2.51 bits per heavy atom. The SMILES string of the molecule is CC(C)(C)C#Cc1cc(N(CCCOc2ccc(O)nn2)C(=O)[C@H]2CC[C@H](C)CC2)c(C(=O)O)s1. The highest BCUT2D eigenvalue weighted by molar-refractivity contribution is 7.15. The predicted molar refractivity (Wildman–Crippen MR) is 135 cm³/mol. The van der Waals surface area contributed by atoms with Gasteiger partial charge in [0.1, 0.15) is 4.88 Å². The van der Waals surface area contributed by atoms with Crippen LogP contribution in [0.5, 0.6) is 11.8 Å². The molecule has 0 aromatic carbocycles. The Bertz CT molecular complexity index is 1090. The number of carbonyl (C=O) groups excluding carboxylic acids is 1. The molecule has 1 aliphatic rings. The first kappa shape index (κ1) is 26.5. The Balaban J connectivity index is 1.83. The number of thiophene rings is 1. The molecule has 0 radical (unpaired) electrons. The molecule has 2 aromatic rings. The number of carboxylic acids is 1. The lowest BCUT2D eigenvalue weighted by Crippen LogP contribution is -2.39. The summed E-state index contributed by atoms with van der Waals surface area (Å²) < 4.78 is 5.59. The van der Waals surface area contributed by atoms with Crippen molar-refractivity contribution in [1.82, 2.24) is 10.2 Å². The fraction of sp³-hybridized carbons (Fsp3) is 0.538. The van der Waals surface area contributed by atoms with E-state index in [9.17, 15) is 19.8 Å². The topological polar surface area (TPSA) is 113 Å². The molecule has 0 atom stereocenters. The van der Waals surface area contributed by atoms with E-state index >= 15 is 0 Å². The van der Waals surface area contributed by atoms with Crippen molar-refractivity contribution in [3.8, 4) is 23.6 Å². The number of aromatic hydroxyl groups is 1. The quantitative estimate of drug-likeness (QED) is 0.389. The summed E-state index contributed by atoms with van der Waals surface area (Å²) in [6.07, 6.45) is 4.06. The van der Waals surface area contributed by atoms with E-state index in [0.717, 1.165) is 37.0 Å². The molecule has 3 rings (SSSR count). The second kappa shape index (κ2) is 11.5. The van der Waals surface area contributed by atoms with E-state index in [-0.39, 0.29) is 40.5 Å². The number of anilines is 1. The summed E-state index contributed by atoms with van der Waals surface area (Å²) in [4.78, 5) is 28.1. The van der Waals surface area contributed by atoms with Crippen LogP contribution in [-0.4, -0.2) is 45.4 Å². The highest BCUT2D eigenvalue weighted by atomic mass is 32.1. The van der Waals surface area contributed by atoms with Crippen LogP contribution < -0.4 is 9.64 Å². The minimum absolute atomic E-state index is 0.0445. The van der Waals surface area contributed by atoms with E-state index in [2.05, 4.69) is 29.0 Å². The molecule has 1 aliphatic carbocycles. The van der Waals surface area contributed by atoms with Gasteiger partial charge < -0.3 is 19.8 Å². The largest absolute Gasteiger partial charge is 0.492 e. The first-order valence-corrected chi connectivity index (χ1v) is 12.7. The van der Waals surface area contributed by atoms with Crippen LogP contribution in [0.15, 0.2) is 18.2 Å². The van der Waals surface area contributed by atoms with E-state index in [1.165, 1.54) is 12.1 Å². The van der Waals surface area contributed by atoms with E-state index in [1.807, 2.05) is 20.8 Å². The molecule has 0 spiro atoms. The van der Waals surface area contributed by atoms with Crippen LogP contribution in [0.2, 0.25) is 0 Å². The van der Waals surface area contributed by atoms with Gasteiger partial charge >= 0.3 is 5.97 Å². The number of carboxylic acid groups (broad SMARTS) is 1. The molecular formula is C26H33N3O5S. The number of amides is 1. The van der Waals surface area contributed by atoms with Crippen LogP contribution in [0.1, 0.15) is 74.3 Å². The van der Waals surface area contributed by atoms with Crippen LogP contribution in [0, 0.1) is 29.1 Å². The summed E-state index contributed by atoms with van der Waals surface area (Å²) in [6, 6.07) is 4.62. The van der Waals surface area contributed by atoms with Crippen LogP contribution in [0.3, 0.4) is 0 Å². The van der Waals surface area contributed by atoms with Gasteiger partial charge in [0.25, 0.3) is 0 Å². The number of nitrogens with zero attached hydrogens (tertiary/aromatic N) is 3. The van der Waals surface area contributed by atoms with Crippen molar-refractivity contribution < 1.29 is 24.5 Å². The van der Waals surface area contributed by atoms with E-state index in [0.29, 0.717) is 29.4 Å². The molecule has 1 amide bonds. The van der Waals surface area contributed by atoms with Gasteiger partial charge in [-0.25, -0.2) is 4.79 Å². The Hall–Kier alpha value is -3.12. The van der Waals surface area contributed by atoms with Crippen LogP contribution >= 0.6 is 11.3 Å². The summed E-state index contributed by atoms with van der Waals surface area (Å²) in [5, 5.41) is 26.4. The lowest BCUT2D eigenvalue weighted by atomic mass is 9.82. The molecule has 0 bridgehead atoms. The number of carbonyl (C=O) groups is 2. The van der Waals surface area contributed by atoms with Crippen LogP contribution in [0.25, 0.3) is 0 Å². The Kier molecular flexibility index (Phi) is 8.73. The number of rotatable bonds is 8. The summed E-state index contributed by atoms with van der Waals surface area (Å²) in [6.45, 7) is 8.73. The van der Waals surface area contributed by atoms with Crippen molar-refractivity contribution in [1.29, 1.82) is 0 Å². The van der Waals surface area contributed by atoms with Crippen molar-refractivity contribution >= 4 is 28.9 Å². The molecule has 1 saturated carbocycles. The van der Waals surface area contributed by atoms with E-state index < -0.39 is 5.97 Å². The zero-order valence-corrected chi connectivity index (χ0v) is 21.5. The van der Waals surface area contributed by atoms with Gasteiger partial charge in [0, 0.05) is 30.0 Å². The first-order valence-electron chi connectivity index (χ1n) is 11.9. The van der Waals surface area contributed by atoms with Gasteiger partial charge in [-0.1, -0.05) is 18.8 Å². The monoisotopic (exact) mass is 499 g/mol. The normalized spacial score (nSPS) is 17.8. The van der Waals surface area contributed by atoms with Gasteiger partial charge in [-0.15, -0.1) is 21.5 Å². The molecule has 8 nitrogen and oxygen atoms in total. The van der Waals surface area contributed by atoms with Crippen molar-refractivity contribution in [2.24, 2.45) is 17.3 Å². The Morgan fingerprint density at radius 2 is 1.91 bits per heavy atom. The average molecular weight is 500 g/mol. The Labute approximate surface area is 210 Å². The zero-order valence-electron chi connectivity index (χ0n) is 20.7. The van der Waals surface area contributed by atoms with Crippen LogP contribution in [0.4, 0.5) is 5.69 Å². The summed E-state index contributed by atoms with van der Waals surface area (Å²) in [5.74, 6) is 5.65. The number of aromatic nitrogens is 2. The molecule has 0 saturated heterocycles. The summed E-state index contributed by atoms with van der Waals surface area (Å²) in [7, 11) is 0. The van der Waals surface area contributed by atoms with E-state index in [4.69, 9.17) is 4.74 Å². The lowest BCUT2D eigenvalue weighted by Gasteiger charge is -2.31. The molecule has 188 valence electrons. The van der Waals surface area contributed by atoms with Crippen LogP contribution in [-0.2, 0) is 4.79 Å². The molecule has 35 heavy (non-hydrogen) atoms. The van der Waals surface area contributed by atoms with Crippen molar-refractivity contribution in [2.45, 2.75) is 59.8 Å². The maximum absolute atomic E-state index is 13.6. The number of hydrogen-bond donors (Lipinski definition) is 2. The maximum Gasteiger partial charge on any atom is 0.348 e.